The molecule has 1 unspecified atom stereocenters. The van der Waals surface area contributed by atoms with Crippen molar-refractivity contribution in [1.29, 1.82) is 0 Å². The number of hydrogen-bond donors (Lipinski definition) is 0. The Hall–Kier alpha value is -1.36. The highest BCUT2D eigenvalue weighted by atomic mass is 35.5. The summed E-state index contributed by atoms with van der Waals surface area (Å²) in [5, 5.41) is 0.314. The Morgan fingerprint density at radius 3 is 2.73 bits per heavy atom. The maximum atomic E-state index is 11.3. The van der Waals surface area contributed by atoms with Crippen LogP contribution in [0.15, 0.2) is 6.20 Å². The zero-order valence-corrected chi connectivity index (χ0v) is 9.41. The average molecular weight is 231 g/mol. The molecule has 15 heavy (non-hydrogen) atoms. The van der Waals surface area contributed by atoms with Gasteiger partial charge in [0.1, 0.15) is 0 Å². The zero-order valence-electron chi connectivity index (χ0n) is 8.65. The number of hydrogen-bond acceptors (Lipinski definition) is 5. The third kappa shape index (κ3) is 2.56. The van der Waals surface area contributed by atoms with Gasteiger partial charge in [0, 0.05) is 0 Å². The molecule has 0 aliphatic carbocycles. The van der Waals surface area contributed by atoms with Crippen molar-refractivity contribution in [2.24, 2.45) is 0 Å². The molecule has 0 saturated carbocycles. The summed E-state index contributed by atoms with van der Waals surface area (Å²) >= 11 is 5.86. The van der Waals surface area contributed by atoms with Crippen LogP contribution in [0.3, 0.4) is 0 Å². The standard InChI is InChI=1S/C9H11ClN2O3/c1-5(8(13)14-2)7-6(10)4-11-9(12-7)15-3/h4-5H,1-3H3. The second-order valence-electron chi connectivity index (χ2n) is 2.83. The third-order valence-electron chi connectivity index (χ3n) is 1.90. The number of esters is 1. The number of halogens is 1. The Morgan fingerprint density at radius 1 is 1.53 bits per heavy atom. The van der Waals surface area contributed by atoms with Crippen LogP contribution in [0.2, 0.25) is 5.02 Å². The van der Waals surface area contributed by atoms with Crippen molar-refractivity contribution >= 4 is 17.6 Å². The number of nitrogens with zero attached hydrogens (tertiary/aromatic N) is 2. The highest BCUT2D eigenvalue weighted by Crippen LogP contribution is 2.24. The quantitative estimate of drug-likeness (QED) is 0.735. The van der Waals surface area contributed by atoms with E-state index in [0.717, 1.165) is 0 Å². The Bertz CT molecular complexity index is 370. The van der Waals surface area contributed by atoms with Crippen LogP contribution in [0, 0.1) is 0 Å². The lowest BCUT2D eigenvalue weighted by Gasteiger charge is -2.10. The number of ether oxygens (including phenoxy) is 2. The van der Waals surface area contributed by atoms with Gasteiger partial charge in [-0.15, -0.1) is 0 Å². The zero-order chi connectivity index (χ0) is 11.4. The molecule has 1 rings (SSSR count). The first-order valence-corrected chi connectivity index (χ1v) is 4.62. The van der Waals surface area contributed by atoms with Crippen molar-refractivity contribution in [3.05, 3.63) is 16.9 Å². The minimum Gasteiger partial charge on any atom is -0.469 e. The molecule has 82 valence electrons. The van der Waals surface area contributed by atoms with Crippen LogP contribution in [0.1, 0.15) is 18.5 Å². The lowest BCUT2D eigenvalue weighted by Crippen LogP contribution is -2.13. The summed E-state index contributed by atoms with van der Waals surface area (Å²) in [5.74, 6) is -0.947. The van der Waals surface area contributed by atoms with Crippen molar-refractivity contribution in [1.82, 2.24) is 9.97 Å². The normalized spacial score (nSPS) is 12.0. The van der Waals surface area contributed by atoms with E-state index in [-0.39, 0.29) is 6.01 Å². The summed E-state index contributed by atoms with van der Waals surface area (Å²) in [4.78, 5) is 19.1. The molecule has 0 amide bonds. The third-order valence-corrected chi connectivity index (χ3v) is 2.19. The van der Waals surface area contributed by atoms with E-state index in [2.05, 4.69) is 14.7 Å². The second-order valence-corrected chi connectivity index (χ2v) is 3.24. The van der Waals surface area contributed by atoms with Crippen LogP contribution >= 0.6 is 11.6 Å². The van der Waals surface area contributed by atoms with Gasteiger partial charge in [0.05, 0.1) is 37.1 Å². The Kier molecular flexibility index (Phi) is 3.85. The number of methoxy groups -OCH3 is 2. The lowest BCUT2D eigenvalue weighted by molar-refractivity contribution is -0.142. The number of rotatable bonds is 3. The van der Waals surface area contributed by atoms with Crippen molar-refractivity contribution in [3.8, 4) is 6.01 Å². The molecule has 0 radical (unpaired) electrons. The first-order valence-electron chi connectivity index (χ1n) is 4.24. The van der Waals surface area contributed by atoms with Crippen LogP contribution in [0.4, 0.5) is 0 Å². The molecule has 5 nitrogen and oxygen atoms in total. The molecule has 0 saturated heterocycles. The predicted molar refractivity (Wildman–Crippen MR) is 54.0 cm³/mol. The monoisotopic (exact) mass is 230 g/mol. The van der Waals surface area contributed by atoms with E-state index >= 15 is 0 Å². The van der Waals surface area contributed by atoms with Gasteiger partial charge < -0.3 is 9.47 Å². The van der Waals surface area contributed by atoms with E-state index in [9.17, 15) is 4.79 Å². The Balaban J connectivity index is 3.06. The molecule has 0 spiro atoms. The maximum absolute atomic E-state index is 11.3. The average Bonchev–Trinajstić information content (AvgIpc) is 2.27. The van der Waals surface area contributed by atoms with Crippen LogP contribution in [-0.4, -0.2) is 30.2 Å². The number of aromatic nitrogens is 2. The molecule has 1 heterocycles. The fraction of sp³-hybridized carbons (Fsp3) is 0.444. The largest absolute Gasteiger partial charge is 0.469 e. The van der Waals surface area contributed by atoms with Gasteiger partial charge in [0.25, 0.3) is 0 Å². The van der Waals surface area contributed by atoms with E-state index in [1.54, 1.807) is 6.92 Å². The molecule has 1 atom stereocenters. The van der Waals surface area contributed by atoms with Crippen LogP contribution < -0.4 is 4.74 Å². The first-order chi connectivity index (χ1) is 7.10. The molecule has 0 aliphatic rings. The maximum Gasteiger partial charge on any atom is 0.316 e. The number of carbonyl (C=O) groups excluding carboxylic acids is 1. The van der Waals surface area contributed by atoms with E-state index in [1.165, 1.54) is 20.4 Å². The summed E-state index contributed by atoms with van der Waals surface area (Å²) in [6, 6.07) is 0.171. The van der Waals surface area contributed by atoms with E-state index in [4.69, 9.17) is 16.3 Å². The fourth-order valence-corrected chi connectivity index (χ4v) is 1.31. The molecule has 0 fully saturated rings. The molecule has 0 bridgehead atoms. The van der Waals surface area contributed by atoms with Gasteiger partial charge in [-0.1, -0.05) is 11.6 Å². The van der Waals surface area contributed by atoms with Gasteiger partial charge in [-0.05, 0) is 6.92 Å². The molecule has 1 aromatic heterocycles. The van der Waals surface area contributed by atoms with Gasteiger partial charge >= 0.3 is 12.0 Å². The molecular weight excluding hydrogens is 220 g/mol. The summed E-state index contributed by atoms with van der Waals surface area (Å²) in [6.45, 7) is 1.65. The topological polar surface area (TPSA) is 61.3 Å². The number of carbonyl (C=O) groups is 1. The smallest absolute Gasteiger partial charge is 0.316 e. The van der Waals surface area contributed by atoms with Gasteiger partial charge in [-0.3, -0.25) is 4.79 Å². The van der Waals surface area contributed by atoms with Gasteiger partial charge in [0.2, 0.25) is 0 Å². The second kappa shape index (κ2) is 4.93. The lowest BCUT2D eigenvalue weighted by atomic mass is 10.1. The summed E-state index contributed by atoms with van der Waals surface area (Å²) in [5.41, 5.74) is 0.398. The van der Waals surface area contributed by atoms with Gasteiger partial charge in [-0.2, -0.15) is 4.98 Å². The van der Waals surface area contributed by atoms with E-state index < -0.39 is 11.9 Å². The minimum absolute atomic E-state index is 0.171. The van der Waals surface area contributed by atoms with Crippen molar-refractivity contribution in [2.75, 3.05) is 14.2 Å². The van der Waals surface area contributed by atoms with Crippen LogP contribution in [0.5, 0.6) is 6.01 Å². The first kappa shape index (κ1) is 11.7. The van der Waals surface area contributed by atoms with E-state index in [1.807, 2.05) is 0 Å². The van der Waals surface area contributed by atoms with Crippen LogP contribution in [0.25, 0.3) is 0 Å². The summed E-state index contributed by atoms with van der Waals surface area (Å²) in [7, 11) is 2.75. The molecule has 6 heteroatoms. The van der Waals surface area contributed by atoms with Crippen molar-refractivity contribution < 1.29 is 14.3 Å². The molecule has 0 N–H and O–H groups in total. The van der Waals surface area contributed by atoms with Gasteiger partial charge in [-0.25, -0.2) is 4.98 Å². The Morgan fingerprint density at radius 2 is 2.20 bits per heavy atom. The molecule has 0 aromatic carbocycles. The molecule has 0 aliphatic heterocycles. The summed E-state index contributed by atoms with van der Waals surface area (Å²) < 4.78 is 9.44. The minimum atomic E-state index is -0.542. The van der Waals surface area contributed by atoms with E-state index in [0.29, 0.717) is 10.7 Å². The predicted octanol–water partition coefficient (Wildman–Crippen LogP) is 1.42. The highest BCUT2D eigenvalue weighted by Gasteiger charge is 2.21. The SMILES string of the molecule is COC(=O)C(C)c1nc(OC)ncc1Cl. The molecular formula is C9H11ClN2O3. The van der Waals surface area contributed by atoms with Gasteiger partial charge in [0.15, 0.2) is 0 Å². The fourth-order valence-electron chi connectivity index (χ4n) is 1.05. The summed E-state index contributed by atoms with van der Waals surface area (Å²) in [6.07, 6.45) is 1.39. The van der Waals surface area contributed by atoms with Crippen molar-refractivity contribution in [2.45, 2.75) is 12.8 Å². The molecule has 1 aromatic rings. The van der Waals surface area contributed by atoms with Crippen molar-refractivity contribution in [3.63, 3.8) is 0 Å². The van der Waals surface area contributed by atoms with Crippen LogP contribution in [-0.2, 0) is 9.53 Å². The highest BCUT2D eigenvalue weighted by molar-refractivity contribution is 6.31. The Labute approximate surface area is 92.4 Å².